The van der Waals surface area contributed by atoms with Gasteiger partial charge in [0, 0.05) is 11.1 Å². The van der Waals surface area contributed by atoms with Crippen LogP contribution in [0.4, 0.5) is 0 Å². The zero-order valence-corrected chi connectivity index (χ0v) is 21.2. The lowest BCUT2D eigenvalue weighted by Gasteiger charge is -2.34. The molecule has 4 aromatic rings. The predicted octanol–water partition coefficient (Wildman–Crippen LogP) is 8.08. The molecular formula is C29H16Cl3NOS. The van der Waals surface area contributed by atoms with Gasteiger partial charge in [0.15, 0.2) is 10.5 Å². The van der Waals surface area contributed by atoms with Crippen molar-refractivity contribution in [2.75, 3.05) is 0 Å². The highest BCUT2D eigenvalue weighted by Gasteiger charge is 2.87. The molecule has 2 aliphatic carbocycles. The maximum atomic E-state index is 6.86. The van der Waals surface area contributed by atoms with E-state index in [-0.39, 0.29) is 5.90 Å². The molecule has 0 aromatic heterocycles. The van der Waals surface area contributed by atoms with Gasteiger partial charge in [-0.05, 0) is 33.4 Å². The molecule has 0 radical (unpaired) electrons. The molecular weight excluding hydrogens is 517 g/mol. The average molecular weight is 533 g/mol. The normalized spacial score (nSPS) is 23.0. The lowest BCUT2D eigenvalue weighted by Crippen LogP contribution is -2.44. The van der Waals surface area contributed by atoms with E-state index in [0.29, 0.717) is 0 Å². The second-order valence-electron chi connectivity index (χ2n) is 9.31. The van der Waals surface area contributed by atoms with Crippen LogP contribution >= 0.6 is 46.6 Å². The van der Waals surface area contributed by atoms with Gasteiger partial charge < -0.3 is 4.74 Å². The van der Waals surface area contributed by atoms with Crippen LogP contribution in [0, 0.1) is 0 Å². The third kappa shape index (κ3) is 2.22. The molecule has 0 N–H and O–H groups in total. The Bertz CT molecular complexity index is 1530. The van der Waals surface area contributed by atoms with Gasteiger partial charge in [-0.15, -0.1) is 11.8 Å². The summed E-state index contributed by atoms with van der Waals surface area (Å²) < 4.78 is 4.60. The molecule has 0 saturated carbocycles. The van der Waals surface area contributed by atoms with Crippen molar-refractivity contribution in [2.24, 2.45) is 4.99 Å². The number of ether oxygens (including phenoxy) is 1. The predicted molar refractivity (Wildman–Crippen MR) is 144 cm³/mol. The summed E-state index contributed by atoms with van der Waals surface area (Å²) in [7, 11) is 0. The highest BCUT2D eigenvalue weighted by atomic mass is 35.6. The lowest BCUT2D eigenvalue weighted by atomic mass is 9.75. The second-order valence-corrected chi connectivity index (χ2v) is 13.0. The third-order valence-corrected chi connectivity index (χ3v) is 10.1. The van der Waals surface area contributed by atoms with Gasteiger partial charge in [-0.2, -0.15) is 0 Å². The Morgan fingerprint density at radius 1 is 0.600 bits per heavy atom. The summed E-state index contributed by atoms with van der Waals surface area (Å²) in [6, 6.07) is 33.9. The summed E-state index contributed by atoms with van der Waals surface area (Å²) in [6.45, 7) is 0. The van der Waals surface area contributed by atoms with Gasteiger partial charge >= 0.3 is 0 Å². The lowest BCUT2D eigenvalue weighted by molar-refractivity contribution is 0.0920. The molecule has 1 atom stereocenters. The molecule has 0 bridgehead atoms. The molecule has 3 spiro atoms. The Labute approximate surface area is 221 Å². The van der Waals surface area contributed by atoms with Crippen molar-refractivity contribution in [3.05, 3.63) is 119 Å². The molecule has 170 valence electrons. The van der Waals surface area contributed by atoms with E-state index in [1.165, 1.54) is 22.3 Å². The minimum atomic E-state index is -1.79. The standard InChI is InChI=1S/C29H16Cl3NOS/c30-28(31,32)25-33-29(26(34-25)21-13-5-1-9-17(21)18-10-2-6-14-22(18)26)27(35-29)23-15-7-3-11-19(23)20-12-4-8-16-24(20)27/h1-16H/t29-/m1/s1. The molecule has 0 unspecified atom stereocenters. The van der Waals surface area contributed by atoms with E-state index < -0.39 is 19.0 Å². The van der Waals surface area contributed by atoms with Gasteiger partial charge in [0.05, 0.1) is 0 Å². The zero-order valence-electron chi connectivity index (χ0n) is 18.1. The maximum Gasteiger partial charge on any atom is 0.266 e. The first-order valence-corrected chi connectivity index (χ1v) is 13.3. The Balaban J connectivity index is 1.51. The van der Waals surface area contributed by atoms with Crippen molar-refractivity contribution in [2.45, 2.75) is 19.0 Å². The van der Waals surface area contributed by atoms with Crippen LogP contribution in [0.3, 0.4) is 0 Å². The van der Waals surface area contributed by atoms with Crippen LogP contribution in [0.1, 0.15) is 22.3 Å². The molecule has 1 saturated heterocycles. The van der Waals surface area contributed by atoms with Crippen LogP contribution in [0.5, 0.6) is 0 Å². The molecule has 4 aliphatic rings. The molecule has 1 fully saturated rings. The van der Waals surface area contributed by atoms with Crippen LogP contribution in [0.15, 0.2) is 102 Å². The summed E-state index contributed by atoms with van der Waals surface area (Å²) in [5.74, 6) is 0.139. The average Bonchev–Trinajstić information content (AvgIpc) is 3.13. The van der Waals surface area contributed by atoms with Crippen LogP contribution in [0.2, 0.25) is 0 Å². The van der Waals surface area contributed by atoms with Gasteiger partial charge in [0.25, 0.3) is 3.79 Å². The Kier molecular flexibility index (Phi) is 3.83. The second kappa shape index (κ2) is 6.46. The summed E-state index contributed by atoms with van der Waals surface area (Å²) in [5.41, 5.74) is 8.33. The fourth-order valence-corrected chi connectivity index (χ4v) is 8.69. The summed E-state index contributed by atoms with van der Waals surface area (Å²) in [5, 5.41) is 0. The van der Waals surface area contributed by atoms with Crippen LogP contribution in [-0.4, -0.2) is 14.6 Å². The first-order valence-electron chi connectivity index (χ1n) is 11.4. The quantitative estimate of drug-likeness (QED) is 0.169. The number of aliphatic imine (C=N–C) groups is 1. The first-order chi connectivity index (χ1) is 16.9. The van der Waals surface area contributed by atoms with Crippen LogP contribution in [-0.2, 0) is 15.1 Å². The zero-order chi connectivity index (χ0) is 23.6. The maximum absolute atomic E-state index is 6.86. The van der Waals surface area contributed by atoms with Crippen LogP contribution in [0.25, 0.3) is 22.3 Å². The van der Waals surface area contributed by atoms with Crippen molar-refractivity contribution >= 4 is 52.5 Å². The monoisotopic (exact) mass is 531 g/mol. The van der Waals surface area contributed by atoms with E-state index in [1.54, 1.807) is 11.8 Å². The largest absolute Gasteiger partial charge is 0.458 e. The fraction of sp³-hybridized carbons (Fsp3) is 0.138. The molecule has 4 aromatic carbocycles. The van der Waals surface area contributed by atoms with Gasteiger partial charge in [0.1, 0.15) is 4.75 Å². The van der Waals surface area contributed by atoms with Crippen LogP contribution < -0.4 is 0 Å². The summed E-state index contributed by atoms with van der Waals surface area (Å²) >= 11 is 21.2. The molecule has 2 nitrogen and oxygen atoms in total. The number of hydrogen-bond donors (Lipinski definition) is 0. The smallest absolute Gasteiger partial charge is 0.266 e. The molecule has 8 rings (SSSR count). The molecule has 2 aliphatic heterocycles. The van der Waals surface area contributed by atoms with E-state index in [0.717, 1.165) is 22.3 Å². The SMILES string of the molecule is ClC(Cl)(Cl)C1=N[C@@]2(SC23c2ccccc2-c2ccccc23)C2(O1)c1ccccc1-c1ccccc12. The number of nitrogens with zero attached hydrogens (tertiary/aromatic N) is 1. The Hall–Kier alpha value is -2.43. The highest BCUT2D eigenvalue weighted by Crippen LogP contribution is 2.86. The number of benzene rings is 4. The van der Waals surface area contributed by atoms with E-state index in [4.69, 9.17) is 44.5 Å². The van der Waals surface area contributed by atoms with Crippen molar-refractivity contribution in [1.29, 1.82) is 0 Å². The fourth-order valence-electron chi connectivity index (χ4n) is 6.54. The minimum Gasteiger partial charge on any atom is -0.458 e. The number of thioether (sulfide) groups is 1. The van der Waals surface area contributed by atoms with Crippen molar-refractivity contribution in [3.8, 4) is 22.3 Å². The van der Waals surface area contributed by atoms with Crippen molar-refractivity contribution < 1.29 is 4.74 Å². The number of alkyl halides is 3. The summed E-state index contributed by atoms with van der Waals surface area (Å²) in [4.78, 5) is 4.46. The first kappa shape index (κ1) is 20.7. The Morgan fingerprint density at radius 3 is 1.46 bits per heavy atom. The van der Waals surface area contributed by atoms with Gasteiger partial charge in [0.2, 0.25) is 5.90 Å². The topological polar surface area (TPSA) is 21.6 Å². The van der Waals surface area contributed by atoms with E-state index in [1.807, 2.05) is 12.1 Å². The van der Waals surface area contributed by atoms with Crippen molar-refractivity contribution in [3.63, 3.8) is 0 Å². The van der Waals surface area contributed by atoms with Gasteiger partial charge in [-0.1, -0.05) is 132 Å². The van der Waals surface area contributed by atoms with Gasteiger partial charge in [-0.3, -0.25) is 0 Å². The number of fused-ring (bicyclic) bond motifs is 12. The third-order valence-electron chi connectivity index (χ3n) is 7.77. The molecule has 0 amide bonds. The molecule has 2 heterocycles. The number of halogens is 3. The van der Waals surface area contributed by atoms with Crippen molar-refractivity contribution in [1.82, 2.24) is 0 Å². The molecule has 6 heteroatoms. The Morgan fingerprint density at radius 2 is 1.00 bits per heavy atom. The number of rotatable bonds is 0. The summed E-state index contributed by atoms with van der Waals surface area (Å²) in [6.07, 6.45) is 0. The minimum absolute atomic E-state index is 0.139. The van der Waals surface area contributed by atoms with Gasteiger partial charge in [-0.25, -0.2) is 4.99 Å². The molecule has 35 heavy (non-hydrogen) atoms. The highest BCUT2D eigenvalue weighted by molar-refractivity contribution is 8.09. The van der Waals surface area contributed by atoms with E-state index >= 15 is 0 Å². The van der Waals surface area contributed by atoms with E-state index in [9.17, 15) is 0 Å². The van der Waals surface area contributed by atoms with E-state index in [2.05, 4.69) is 84.9 Å². The number of hydrogen-bond acceptors (Lipinski definition) is 3.